The molecule has 0 aliphatic carbocycles. The number of aromatic amines is 1. The first kappa shape index (κ1) is 5.61. The third-order valence-electron chi connectivity index (χ3n) is 1.16. The smallest absolute Gasteiger partial charge is 0.153 e. The van der Waals surface area contributed by atoms with Crippen molar-refractivity contribution in [2.75, 3.05) is 0 Å². The highest BCUT2D eigenvalue weighted by atomic mass is 35.5. The van der Waals surface area contributed by atoms with E-state index in [4.69, 9.17) is 11.6 Å². The quantitative estimate of drug-likeness (QED) is 0.616. The van der Waals surface area contributed by atoms with Crippen molar-refractivity contribution in [2.24, 2.45) is 0 Å². The van der Waals surface area contributed by atoms with E-state index in [-0.39, 0.29) is 0 Å². The molecular formula is C5H3ClN4. The second-order valence-corrected chi connectivity index (χ2v) is 2.22. The van der Waals surface area contributed by atoms with E-state index in [1.807, 2.05) is 0 Å². The summed E-state index contributed by atoms with van der Waals surface area (Å²) in [5.41, 5.74) is 1.53. The zero-order valence-electron chi connectivity index (χ0n) is 4.87. The van der Waals surface area contributed by atoms with Gasteiger partial charge in [-0.05, 0) is 0 Å². The summed E-state index contributed by atoms with van der Waals surface area (Å²) in [5.74, 6) is 0. The first-order valence-corrected chi connectivity index (χ1v) is 3.06. The van der Waals surface area contributed by atoms with E-state index in [9.17, 15) is 0 Å². The van der Waals surface area contributed by atoms with Crippen molar-refractivity contribution in [3.8, 4) is 0 Å². The Hall–Kier alpha value is -1.16. The molecule has 0 spiro atoms. The Morgan fingerprint density at radius 1 is 1.40 bits per heavy atom. The highest BCUT2D eigenvalue weighted by molar-refractivity contribution is 6.29. The van der Waals surface area contributed by atoms with Crippen molar-refractivity contribution in [1.82, 2.24) is 20.4 Å². The number of hydrogen-bond acceptors (Lipinski definition) is 3. The van der Waals surface area contributed by atoms with Gasteiger partial charge in [-0.25, -0.2) is 0 Å². The lowest BCUT2D eigenvalue weighted by atomic mass is 10.4. The molecular weight excluding hydrogens is 152 g/mol. The van der Waals surface area contributed by atoms with Gasteiger partial charge >= 0.3 is 0 Å². The maximum atomic E-state index is 5.55. The number of aromatic nitrogens is 4. The molecule has 0 saturated carbocycles. The predicted octanol–water partition coefficient (Wildman–Crippen LogP) is 1.01. The zero-order chi connectivity index (χ0) is 6.97. The Morgan fingerprint density at radius 2 is 2.30 bits per heavy atom. The number of rotatable bonds is 0. The molecule has 0 aliphatic heterocycles. The highest BCUT2D eigenvalue weighted by Gasteiger charge is 1.96. The van der Waals surface area contributed by atoms with E-state index < -0.39 is 0 Å². The molecule has 0 amide bonds. The monoisotopic (exact) mass is 154 g/mol. The van der Waals surface area contributed by atoms with Gasteiger partial charge in [-0.2, -0.15) is 5.10 Å². The molecule has 0 bridgehead atoms. The van der Waals surface area contributed by atoms with Crippen LogP contribution in [0.1, 0.15) is 0 Å². The van der Waals surface area contributed by atoms with Crippen LogP contribution in [0.25, 0.3) is 11.0 Å². The summed E-state index contributed by atoms with van der Waals surface area (Å²) in [6, 6.07) is 1.68. The zero-order valence-corrected chi connectivity index (χ0v) is 5.63. The summed E-state index contributed by atoms with van der Waals surface area (Å²) >= 11 is 5.55. The molecule has 0 saturated heterocycles. The van der Waals surface area contributed by atoms with Gasteiger partial charge in [0.2, 0.25) is 0 Å². The molecule has 2 rings (SSSR count). The third kappa shape index (κ3) is 0.733. The van der Waals surface area contributed by atoms with E-state index in [0.717, 1.165) is 11.0 Å². The minimum absolute atomic E-state index is 0.372. The molecule has 0 atom stereocenters. The van der Waals surface area contributed by atoms with Gasteiger partial charge in [-0.15, -0.1) is 10.2 Å². The summed E-state index contributed by atoms with van der Waals surface area (Å²) in [7, 11) is 0. The SMILES string of the molecule is Clc1cc2[nH]ncc2nn1. The van der Waals surface area contributed by atoms with Crippen LogP contribution < -0.4 is 0 Å². The molecule has 10 heavy (non-hydrogen) atoms. The third-order valence-corrected chi connectivity index (χ3v) is 1.35. The van der Waals surface area contributed by atoms with Gasteiger partial charge < -0.3 is 0 Å². The van der Waals surface area contributed by atoms with Crippen LogP contribution in [0.4, 0.5) is 0 Å². The van der Waals surface area contributed by atoms with Crippen molar-refractivity contribution in [1.29, 1.82) is 0 Å². The minimum Gasteiger partial charge on any atom is -0.276 e. The van der Waals surface area contributed by atoms with Crippen LogP contribution in [0.15, 0.2) is 12.3 Å². The van der Waals surface area contributed by atoms with Crippen LogP contribution in [-0.4, -0.2) is 20.4 Å². The van der Waals surface area contributed by atoms with Gasteiger partial charge in [-0.3, -0.25) is 5.10 Å². The summed E-state index contributed by atoms with van der Waals surface area (Å²) in [6.07, 6.45) is 1.60. The Bertz CT molecular complexity index is 355. The molecule has 50 valence electrons. The van der Waals surface area contributed by atoms with Crippen molar-refractivity contribution < 1.29 is 0 Å². The van der Waals surface area contributed by atoms with E-state index >= 15 is 0 Å². The fraction of sp³-hybridized carbons (Fsp3) is 0. The van der Waals surface area contributed by atoms with Crippen LogP contribution in [0, 0.1) is 0 Å². The van der Waals surface area contributed by atoms with E-state index in [1.165, 1.54) is 0 Å². The fourth-order valence-electron chi connectivity index (χ4n) is 0.725. The maximum Gasteiger partial charge on any atom is 0.153 e. The lowest BCUT2D eigenvalue weighted by Gasteiger charge is -1.85. The van der Waals surface area contributed by atoms with Crippen molar-refractivity contribution in [3.63, 3.8) is 0 Å². The molecule has 0 fully saturated rings. The molecule has 2 heterocycles. The van der Waals surface area contributed by atoms with Gasteiger partial charge in [0.15, 0.2) is 5.15 Å². The van der Waals surface area contributed by atoms with Gasteiger partial charge in [0.25, 0.3) is 0 Å². The van der Waals surface area contributed by atoms with Crippen LogP contribution in [0.2, 0.25) is 5.15 Å². The number of nitrogens with zero attached hydrogens (tertiary/aromatic N) is 3. The average Bonchev–Trinajstić information content (AvgIpc) is 2.33. The summed E-state index contributed by atoms with van der Waals surface area (Å²) in [5, 5.41) is 14.3. The lowest BCUT2D eigenvalue weighted by Crippen LogP contribution is -1.80. The number of H-pyrrole nitrogens is 1. The highest BCUT2D eigenvalue weighted by Crippen LogP contribution is 2.09. The number of nitrogens with one attached hydrogen (secondary N) is 1. The molecule has 1 N–H and O–H groups in total. The molecule has 0 radical (unpaired) electrons. The van der Waals surface area contributed by atoms with Gasteiger partial charge in [0.05, 0.1) is 11.7 Å². The number of fused-ring (bicyclic) bond motifs is 1. The van der Waals surface area contributed by atoms with Crippen molar-refractivity contribution in [3.05, 3.63) is 17.4 Å². The van der Waals surface area contributed by atoms with Gasteiger partial charge in [0.1, 0.15) is 5.52 Å². The molecule has 5 heteroatoms. The second kappa shape index (κ2) is 1.91. The standard InChI is InChI=1S/C5H3ClN4/c6-5-1-3-4(9-10-5)2-7-8-3/h1-2H,(H,7,8). The topological polar surface area (TPSA) is 54.5 Å². The first-order chi connectivity index (χ1) is 4.86. The molecule has 4 nitrogen and oxygen atoms in total. The minimum atomic E-state index is 0.372. The van der Waals surface area contributed by atoms with E-state index in [0.29, 0.717) is 5.15 Å². The fourth-order valence-corrected chi connectivity index (χ4v) is 0.872. The van der Waals surface area contributed by atoms with Crippen LogP contribution in [-0.2, 0) is 0 Å². The van der Waals surface area contributed by atoms with Gasteiger partial charge in [0, 0.05) is 6.07 Å². The maximum absolute atomic E-state index is 5.55. The molecule has 2 aromatic rings. The normalized spacial score (nSPS) is 10.5. The largest absolute Gasteiger partial charge is 0.276 e. The van der Waals surface area contributed by atoms with Crippen LogP contribution in [0.3, 0.4) is 0 Å². The van der Waals surface area contributed by atoms with E-state index in [1.54, 1.807) is 12.3 Å². The molecule has 0 unspecified atom stereocenters. The number of halogens is 1. The Morgan fingerprint density at radius 3 is 3.20 bits per heavy atom. The predicted molar refractivity (Wildman–Crippen MR) is 36.7 cm³/mol. The average molecular weight is 155 g/mol. The van der Waals surface area contributed by atoms with Gasteiger partial charge in [-0.1, -0.05) is 11.6 Å². The van der Waals surface area contributed by atoms with Crippen LogP contribution in [0.5, 0.6) is 0 Å². The number of hydrogen-bond donors (Lipinski definition) is 1. The van der Waals surface area contributed by atoms with Crippen molar-refractivity contribution in [2.45, 2.75) is 0 Å². The van der Waals surface area contributed by atoms with E-state index in [2.05, 4.69) is 20.4 Å². The molecule has 0 aromatic carbocycles. The first-order valence-electron chi connectivity index (χ1n) is 2.68. The Kier molecular flexibility index (Phi) is 1.07. The summed E-state index contributed by atoms with van der Waals surface area (Å²) < 4.78 is 0. The van der Waals surface area contributed by atoms with Crippen LogP contribution >= 0.6 is 11.6 Å². The van der Waals surface area contributed by atoms with Crippen molar-refractivity contribution >= 4 is 22.6 Å². The lowest BCUT2D eigenvalue weighted by molar-refractivity contribution is 1.08. The molecule has 2 aromatic heterocycles. The Labute approximate surface area is 61.2 Å². The summed E-state index contributed by atoms with van der Waals surface area (Å²) in [4.78, 5) is 0. The Balaban J connectivity index is 2.86. The summed E-state index contributed by atoms with van der Waals surface area (Å²) in [6.45, 7) is 0. The molecule has 0 aliphatic rings. The second-order valence-electron chi connectivity index (χ2n) is 1.84.